The van der Waals surface area contributed by atoms with Crippen molar-refractivity contribution in [1.29, 1.82) is 0 Å². The second-order valence-electron chi connectivity index (χ2n) is 8.14. The Balaban J connectivity index is 1.48. The molecule has 0 unspecified atom stereocenters. The molecular weight excluding hydrogens is 438 g/mol. The lowest BCUT2D eigenvalue weighted by Gasteiger charge is -2.31. The number of amides is 1. The topological polar surface area (TPSA) is 63.1 Å². The Bertz CT molecular complexity index is 1120. The fourth-order valence-electron chi connectivity index (χ4n) is 3.82. The minimum absolute atomic E-state index is 0.00861. The zero-order valence-corrected chi connectivity index (χ0v) is 17.9. The first kappa shape index (κ1) is 22.8. The number of alkyl halides is 3. The van der Waals surface area contributed by atoms with Gasteiger partial charge in [0.25, 0.3) is 5.91 Å². The van der Waals surface area contributed by atoms with Crippen molar-refractivity contribution in [2.45, 2.75) is 32.5 Å². The molecule has 1 aliphatic heterocycles. The SMILES string of the molecule is CC1CCN(c2ccc(CNC(=O)c3cnn(-c4ccccc4F)c3C(F)(F)F)cn2)CC1. The van der Waals surface area contributed by atoms with Crippen LogP contribution in [0.25, 0.3) is 5.69 Å². The summed E-state index contributed by atoms with van der Waals surface area (Å²) in [5.41, 5.74) is -1.76. The Hall–Kier alpha value is -3.43. The van der Waals surface area contributed by atoms with Crippen LogP contribution in [0, 0.1) is 11.7 Å². The Morgan fingerprint density at radius 3 is 2.48 bits per heavy atom. The molecule has 0 bridgehead atoms. The van der Waals surface area contributed by atoms with E-state index in [2.05, 4.69) is 27.2 Å². The third kappa shape index (κ3) is 4.99. The van der Waals surface area contributed by atoms with E-state index in [-0.39, 0.29) is 6.54 Å². The van der Waals surface area contributed by atoms with Crippen molar-refractivity contribution in [2.75, 3.05) is 18.0 Å². The minimum atomic E-state index is -4.92. The molecule has 0 aliphatic carbocycles. The van der Waals surface area contributed by atoms with Crippen LogP contribution in [0.2, 0.25) is 0 Å². The van der Waals surface area contributed by atoms with Crippen molar-refractivity contribution in [2.24, 2.45) is 5.92 Å². The van der Waals surface area contributed by atoms with Crippen LogP contribution in [0.3, 0.4) is 0 Å². The molecule has 0 saturated carbocycles. The first-order valence-corrected chi connectivity index (χ1v) is 10.6. The van der Waals surface area contributed by atoms with E-state index in [1.54, 1.807) is 12.3 Å². The molecule has 1 aromatic carbocycles. The summed E-state index contributed by atoms with van der Waals surface area (Å²) in [6, 6.07) is 8.56. The molecule has 10 heteroatoms. The number of nitrogens with one attached hydrogen (secondary N) is 1. The van der Waals surface area contributed by atoms with Crippen molar-refractivity contribution in [3.05, 3.63) is 71.4 Å². The van der Waals surface area contributed by atoms with Gasteiger partial charge in [0.1, 0.15) is 17.3 Å². The summed E-state index contributed by atoms with van der Waals surface area (Å²) in [5.74, 6) is -0.311. The van der Waals surface area contributed by atoms with E-state index < -0.39 is 34.8 Å². The number of hydrogen-bond acceptors (Lipinski definition) is 4. The van der Waals surface area contributed by atoms with Gasteiger partial charge in [-0.3, -0.25) is 4.79 Å². The smallest absolute Gasteiger partial charge is 0.357 e. The van der Waals surface area contributed by atoms with Gasteiger partial charge in [0, 0.05) is 25.8 Å². The molecule has 174 valence electrons. The van der Waals surface area contributed by atoms with Gasteiger partial charge in [0.15, 0.2) is 5.69 Å². The van der Waals surface area contributed by atoms with Crippen LogP contribution in [0.4, 0.5) is 23.4 Å². The molecule has 1 aliphatic rings. The molecule has 0 spiro atoms. The summed E-state index contributed by atoms with van der Waals surface area (Å²) >= 11 is 0. The predicted molar refractivity (Wildman–Crippen MR) is 115 cm³/mol. The van der Waals surface area contributed by atoms with E-state index in [1.807, 2.05) is 6.07 Å². The summed E-state index contributed by atoms with van der Waals surface area (Å²) in [4.78, 5) is 19.2. The minimum Gasteiger partial charge on any atom is -0.357 e. The highest BCUT2D eigenvalue weighted by molar-refractivity contribution is 5.95. The van der Waals surface area contributed by atoms with Gasteiger partial charge in [-0.1, -0.05) is 25.1 Å². The number of piperidine rings is 1. The van der Waals surface area contributed by atoms with Gasteiger partial charge >= 0.3 is 6.18 Å². The Labute approximate surface area is 188 Å². The molecule has 0 radical (unpaired) electrons. The van der Waals surface area contributed by atoms with Crippen molar-refractivity contribution < 1.29 is 22.4 Å². The maximum Gasteiger partial charge on any atom is 0.434 e. The third-order valence-electron chi connectivity index (χ3n) is 5.73. The maximum atomic E-state index is 14.1. The number of aromatic nitrogens is 3. The van der Waals surface area contributed by atoms with Crippen LogP contribution >= 0.6 is 0 Å². The third-order valence-corrected chi connectivity index (χ3v) is 5.73. The van der Waals surface area contributed by atoms with Crippen molar-refractivity contribution in [1.82, 2.24) is 20.1 Å². The quantitative estimate of drug-likeness (QED) is 0.565. The predicted octanol–water partition coefficient (Wildman–Crippen LogP) is 4.59. The van der Waals surface area contributed by atoms with Crippen LogP contribution in [-0.2, 0) is 12.7 Å². The lowest BCUT2D eigenvalue weighted by atomic mass is 9.99. The molecule has 3 heterocycles. The van der Waals surface area contributed by atoms with Gasteiger partial charge in [0.05, 0.1) is 11.8 Å². The summed E-state index contributed by atoms with van der Waals surface area (Å²) in [6.45, 7) is 4.07. The summed E-state index contributed by atoms with van der Waals surface area (Å²) in [5, 5.41) is 6.11. The fourth-order valence-corrected chi connectivity index (χ4v) is 3.82. The fraction of sp³-hybridized carbons (Fsp3) is 0.348. The average Bonchev–Trinajstić information content (AvgIpc) is 3.24. The van der Waals surface area contributed by atoms with E-state index in [0.717, 1.165) is 50.1 Å². The van der Waals surface area contributed by atoms with Crippen molar-refractivity contribution in [3.63, 3.8) is 0 Å². The number of pyridine rings is 1. The van der Waals surface area contributed by atoms with Gasteiger partial charge in [-0.15, -0.1) is 0 Å². The van der Waals surface area contributed by atoms with Crippen LogP contribution in [0.15, 0.2) is 48.8 Å². The highest BCUT2D eigenvalue weighted by atomic mass is 19.4. The standard InChI is InChI=1S/C23H23F4N5O/c1-15-8-10-31(11-9-15)20-7-6-16(12-28-20)13-29-22(33)17-14-30-32(21(17)23(25,26)27)19-5-3-2-4-18(19)24/h2-7,12,14-15H,8-11,13H2,1H3,(H,29,33). The number of para-hydroxylation sites is 1. The van der Waals surface area contributed by atoms with Crippen LogP contribution in [-0.4, -0.2) is 33.8 Å². The zero-order chi connectivity index (χ0) is 23.6. The number of nitrogens with zero attached hydrogens (tertiary/aromatic N) is 4. The highest BCUT2D eigenvalue weighted by Gasteiger charge is 2.41. The molecule has 1 saturated heterocycles. The lowest BCUT2D eigenvalue weighted by molar-refractivity contribution is -0.143. The maximum absolute atomic E-state index is 14.1. The normalized spacial score (nSPS) is 15.0. The molecule has 2 aromatic heterocycles. The number of halogens is 4. The molecule has 0 atom stereocenters. The Morgan fingerprint density at radius 1 is 1.12 bits per heavy atom. The second kappa shape index (κ2) is 9.21. The summed E-state index contributed by atoms with van der Waals surface area (Å²) < 4.78 is 55.7. The second-order valence-corrected chi connectivity index (χ2v) is 8.14. The van der Waals surface area contributed by atoms with E-state index in [4.69, 9.17) is 0 Å². The van der Waals surface area contributed by atoms with E-state index >= 15 is 0 Å². The molecule has 1 amide bonds. The average molecular weight is 461 g/mol. The lowest BCUT2D eigenvalue weighted by Crippen LogP contribution is -2.33. The number of anilines is 1. The van der Waals surface area contributed by atoms with Gasteiger partial charge in [-0.2, -0.15) is 18.3 Å². The molecule has 1 fully saturated rings. The first-order valence-electron chi connectivity index (χ1n) is 10.6. The molecular formula is C23H23F4N5O. The summed E-state index contributed by atoms with van der Waals surface area (Å²) in [7, 11) is 0. The van der Waals surface area contributed by atoms with Crippen LogP contribution in [0.1, 0.15) is 41.4 Å². The number of rotatable bonds is 5. The molecule has 6 nitrogen and oxygen atoms in total. The van der Waals surface area contributed by atoms with Crippen molar-refractivity contribution in [3.8, 4) is 5.69 Å². The van der Waals surface area contributed by atoms with E-state index in [0.29, 0.717) is 16.2 Å². The van der Waals surface area contributed by atoms with Gasteiger partial charge in [-0.05, 0) is 42.5 Å². The Kier molecular flexibility index (Phi) is 6.35. The first-order chi connectivity index (χ1) is 15.7. The van der Waals surface area contributed by atoms with Crippen LogP contribution < -0.4 is 10.2 Å². The molecule has 1 N–H and O–H groups in total. The zero-order valence-electron chi connectivity index (χ0n) is 17.9. The van der Waals surface area contributed by atoms with E-state index in [1.165, 1.54) is 12.1 Å². The largest absolute Gasteiger partial charge is 0.434 e. The monoisotopic (exact) mass is 461 g/mol. The van der Waals surface area contributed by atoms with Gasteiger partial charge in [0.2, 0.25) is 0 Å². The highest BCUT2D eigenvalue weighted by Crippen LogP contribution is 2.34. The summed E-state index contributed by atoms with van der Waals surface area (Å²) in [6.07, 6.45) is -0.325. The molecule has 33 heavy (non-hydrogen) atoms. The van der Waals surface area contributed by atoms with Crippen LogP contribution in [0.5, 0.6) is 0 Å². The van der Waals surface area contributed by atoms with Crippen molar-refractivity contribution >= 4 is 11.7 Å². The molecule has 3 aromatic rings. The van der Waals surface area contributed by atoms with E-state index in [9.17, 15) is 22.4 Å². The number of benzene rings is 1. The van der Waals surface area contributed by atoms with Gasteiger partial charge in [-0.25, -0.2) is 14.1 Å². The Morgan fingerprint density at radius 2 is 1.85 bits per heavy atom. The number of carbonyl (C=O) groups is 1. The number of carbonyl (C=O) groups excluding carboxylic acids is 1. The molecule has 4 rings (SSSR count). The van der Waals surface area contributed by atoms with Gasteiger partial charge < -0.3 is 10.2 Å². The number of hydrogen-bond donors (Lipinski definition) is 1.